The second-order valence-electron chi connectivity index (χ2n) is 6.20. The maximum atomic E-state index is 11.7. The first-order valence-electron chi connectivity index (χ1n) is 7.13. The van der Waals surface area contributed by atoms with Crippen molar-refractivity contribution in [2.45, 2.75) is 53.1 Å². The standard InChI is InChI=1S/C14H28N2O2/c1-10(2)8-12(17)6-5-7-16-9-13(11(3)4)14(18)15-16/h10-13,17H,5-9H2,1-4H3,(H,15,18). The van der Waals surface area contributed by atoms with Crippen LogP contribution in [0.1, 0.15) is 47.0 Å². The highest BCUT2D eigenvalue weighted by molar-refractivity contribution is 5.80. The van der Waals surface area contributed by atoms with Crippen molar-refractivity contribution < 1.29 is 9.90 Å². The number of aliphatic hydroxyl groups is 1. The number of carbonyl (C=O) groups is 1. The van der Waals surface area contributed by atoms with Gasteiger partial charge in [-0.1, -0.05) is 27.7 Å². The molecule has 0 aromatic heterocycles. The van der Waals surface area contributed by atoms with Gasteiger partial charge in [-0.15, -0.1) is 0 Å². The van der Waals surface area contributed by atoms with Gasteiger partial charge in [0.25, 0.3) is 0 Å². The van der Waals surface area contributed by atoms with Crippen LogP contribution in [0.25, 0.3) is 0 Å². The minimum absolute atomic E-state index is 0.116. The summed E-state index contributed by atoms with van der Waals surface area (Å²) in [4.78, 5) is 11.7. The van der Waals surface area contributed by atoms with E-state index in [-0.39, 0.29) is 17.9 Å². The van der Waals surface area contributed by atoms with Gasteiger partial charge < -0.3 is 5.11 Å². The van der Waals surface area contributed by atoms with Gasteiger partial charge in [-0.05, 0) is 31.1 Å². The number of amides is 1. The molecule has 0 aromatic rings. The molecule has 4 nitrogen and oxygen atoms in total. The second kappa shape index (κ2) is 7.10. The van der Waals surface area contributed by atoms with Crippen LogP contribution in [-0.4, -0.2) is 35.2 Å². The second-order valence-corrected chi connectivity index (χ2v) is 6.20. The molecule has 1 rings (SSSR count). The van der Waals surface area contributed by atoms with Crippen LogP contribution >= 0.6 is 0 Å². The van der Waals surface area contributed by atoms with E-state index in [9.17, 15) is 9.90 Å². The molecule has 0 aliphatic carbocycles. The van der Waals surface area contributed by atoms with Crippen molar-refractivity contribution in [2.75, 3.05) is 13.1 Å². The summed E-state index contributed by atoms with van der Waals surface area (Å²) in [5.74, 6) is 1.19. The maximum absolute atomic E-state index is 11.7. The van der Waals surface area contributed by atoms with Crippen LogP contribution in [0.5, 0.6) is 0 Å². The number of aliphatic hydroxyl groups excluding tert-OH is 1. The lowest BCUT2D eigenvalue weighted by Gasteiger charge is -2.17. The average Bonchev–Trinajstić information content (AvgIpc) is 2.58. The fourth-order valence-electron chi connectivity index (χ4n) is 2.45. The van der Waals surface area contributed by atoms with Gasteiger partial charge in [-0.3, -0.25) is 10.2 Å². The molecule has 1 aliphatic heterocycles. The normalized spacial score (nSPS) is 22.8. The molecule has 2 unspecified atom stereocenters. The lowest BCUT2D eigenvalue weighted by molar-refractivity contribution is -0.124. The molecule has 1 amide bonds. The predicted octanol–water partition coefficient (Wildman–Crippen LogP) is 1.79. The maximum Gasteiger partial charge on any atom is 0.239 e. The number of hydrogen-bond donors (Lipinski definition) is 2. The average molecular weight is 256 g/mol. The Balaban J connectivity index is 2.19. The summed E-state index contributed by atoms with van der Waals surface area (Å²) < 4.78 is 0. The van der Waals surface area contributed by atoms with Crippen molar-refractivity contribution in [3.05, 3.63) is 0 Å². The Morgan fingerprint density at radius 2 is 2.06 bits per heavy atom. The van der Waals surface area contributed by atoms with E-state index in [1.54, 1.807) is 0 Å². The zero-order valence-electron chi connectivity index (χ0n) is 12.1. The van der Waals surface area contributed by atoms with Crippen molar-refractivity contribution in [1.29, 1.82) is 0 Å². The minimum Gasteiger partial charge on any atom is -0.393 e. The van der Waals surface area contributed by atoms with Gasteiger partial charge in [0.2, 0.25) is 5.91 Å². The smallest absolute Gasteiger partial charge is 0.239 e. The van der Waals surface area contributed by atoms with Crippen LogP contribution in [0.2, 0.25) is 0 Å². The summed E-state index contributed by atoms with van der Waals surface area (Å²) in [6.07, 6.45) is 2.40. The van der Waals surface area contributed by atoms with Crippen molar-refractivity contribution in [1.82, 2.24) is 10.4 Å². The Morgan fingerprint density at radius 3 is 2.56 bits per heavy atom. The Labute approximate surface area is 111 Å². The Morgan fingerprint density at radius 1 is 1.39 bits per heavy atom. The summed E-state index contributed by atoms with van der Waals surface area (Å²) in [6, 6.07) is 0. The van der Waals surface area contributed by atoms with Crippen LogP contribution in [0.3, 0.4) is 0 Å². The van der Waals surface area contributed by atoms with E-state index in [0.717, 1.165) is 32.4 Å². The fraction of sp³-hybridized carbons (Fsp3) is 0.929. The van der Waals surface area contributed by atoms with Gasteiger partial charge >= 0.3 is 0 Å². The molecule has 0 radical (unpaired) electrons. The molecule has 1 fully saturated rings. The first kappa shape index (κ1) is 15.4. The molecule has 106 valence electrons. The lowest BCUT2D eigenvalue weighted by atomic mass is 9.96. The van der Waals surface area contributed by atoms with Gasteiger partial charge in [-0.2, -0.15) is 0 Å². The number of nitrogens with zero attached hydrogens (tertiary/aromatic N) is 1. The van der Waals surface area contributed by atoms with Crippen molar-refractivity contribution >= 4 is 5.91 Å². The number of rotatable bonds is 7. The van der Waals surface area contributed by atoms with Crippen LogP contribution in [0.4, 0.5) is 0 Å². The molecule has 0 bridgehead atoms. The summed E-state index contributed by atoms with van der Waals surface area (Å²) in [5.41, 5.74) is 2.91. The number of hydrazine groups is 1. The molecule has 1 saturated heterocycles. The Bertz CT molecular complexity index is 267. The van der Waals surface area contributed by atoms with E-state index in [2.05, 4.69) is 33.1 Å². The molecular weight excluding hydrogens is 228 g/mol. The van der Waals surface area contributed by atoms with Gasteiger partial charge in [0, 0.05) is 13.1 Å². The quantitative estimate of drug-likeness (QED) is 0.730. The zero-order chi connectivity index (χ0) is 13.7. The zero-order valence-corrected chi connectivity index (χ0v) is 12.1. The third-order valence-corrected chi connectivity index (χ3v) is 3.54. The highest BCUT2D eigenvalue weighted by Gasteiger charge is 2.32. The highest BCUT2D eigenvalue weighted by Crippen LogP contribution is 2.18. The third kappa shape index (κ3) is 4.94. The SMILES string of the molecule is CC(C)CC(O)CCCN1CC(C(C)C)C(=O)N1. The van der Waals surface area contributed by atoms with Crippen LogP contribution < -0.4 is 5.43 Å². The Kier molecular flexibility index (Phi) is 6.09. The highest BCUT2D eigenvalue weighted by atomic mass is 16.3. The van der Waals surface area contributed by atoms with Crippen LogP contribution in [-0.2, 0) is 4.79 Å². The largest absolute Gasteiger partial charge is 0.393 e. The third-order valence-electron chi connectivity index (χ3n) is 3.54. The first-order valence-corrected chi connectivity index (χ1v) is 7.13. The molecule has 0 aromatic carbocycles. The van der Waals surface area contributed by atoms with Gasteiger partial charge in [0.15, 0.2) is 0 Å². The molecule has 1 heterocycles. The molecule has 4 heteroatoms. The van der Waals surface area contributed by atoms with Gasteiger partial charge in [0.1, 0.15) is 0 Å². The summed E-state index contributed by atoms with van der Waals surface area (Å²) in [7, 11) is 0. The fourth-order valence-corrected chi connectivity index (χ4v) is 2.45. The van der Waals surface area contributed by atoms with E-state index in [1.165, 1.54) is 0 Å². The molecule has 2 atom stereocenters. The summed E-state index contributed by atoms with van der Waals surface area (Å²) in [6.45, 7) is 10.1. The molecule has 1 aliphatic rings. The molecule has 2 N–H and O–H groups in total. The van der Waals surface area contributed by atoms with Crippen LogP contribution in [0, 0.1) is 17.8 Å². The molecular formula is C14H28N2O2. The van der Waals surface area contributed by atoms with Crippen molar-refractivity contribution in [3.8, 4) is 0 Å². The minimum atomic E-state index is -0.204. The molecule has 0 spiro atoms. The first-order chi connectivity index (χ1) is 8.40. The van der Waals surface area contributed by atoms with E-state index in [4.69, 9.17) is 0 Å². The van der Waals surface area contributed by atoms with E-state index >= 15 is 0 Å². The number of hydrogen-bond acceptors (Lipinski definition) is 3. The van der Waals surface area contributed by atoms with E-state index in [0.29, 0.717) is 11.8 Å². The predicted molar refractivity (Wildman–Crippen MR) is 72.7 cm³/mol. The molecule has 0 saturated carbocycles. The lowest BCUT2D eigenvalue weighted by Crippen LogP contribution is -2.34. The Hall–Kier alpha value is -0.610. The van der Waals surface area contributed by atoms with Gasteiger partial charge in [-0.25, -0.2) is 5.01 Å². The van der Waals surface area contributed by atoms with E-state index < -0.39 is 0 Å². The number of nitrogens with one attached hydrogen (secondary N) is 1. The van der Waals surface area contributed by atoms with Crippen molar-refractivity contribution in [2.24, 2.45) is 17.8 Å². The monoisotopic (exact) mass is 256 g/mol. The molecule has 18 heavy (non-hydrogen) atoms. The van der Waals surface area contributed by atoms with Gasteiger partial charge in [0.05, 0.1) is 12.0 Å². The summed E-state index contributed by atoms with van der Waals surface area (Å²) >= 11 is 0. The van der Waals surface area contributed by atoms with Crippen molar-refractivity contribution in [3.63, 3.8) is 0 Å². The van der Waals surface area contributed by atoms with Crippen LogP contribution in [0.15, 0.2) is 0 Å². The topological polar surface area (TPSA) is 52.6 Å². The summed E-state index contributed by atoms with van der Waals surface area (Å²) in [5, 5.41) is 11.8. The van der Waals surface area contributed by atoms with E-state index in [1.807, 2.05) is 5.01 Å². The number of carbonyl (C=O) groups excluding carboxylic acids is 1.